The summed E-state index contributed by atoms with van der Waals surface area (Å²) in [5.74, 6) is 0.451. The Morgan fingerprint density at radius 3 is 2.93 bits per heavy atom. The maximum absolute atomic E-state index is 12.7. The molecule has 3 aromatic rings. The molecule has 0 saturated carbocycles. The average Bonchev–Trinajstić information content (AvgIpc) is 3.07. The number of nitrogens with one attached hydrogen (secondary N) is 2. The Labute approximate surface area is 157 Å². The number of carbonyl (C=O) groups is 2. The molecule has 0 spiro atoms. The van der Waals surface area contributed by atoms with Crippen molar-refractivity contribution in [3.05, 3.63) is 65.4 Å². The van der Waals surface area contributed by atoms with Gasteiger partial charge in [-0.3, -0.25) is 9.59 Å². The molecule has 1 unspecified atom stereocenters. The Morgan fingerprint density at radius 2 is 2.11 bits per heavy atom. The van der Waals surface area contributed by atoms with E-state index in [1.807, 2.05) is 48.7 Å². The third-order valence-electron chi connectivity index (χ3n) is 5.03. The molecule has 1 aromatic heterocycles. The van der Waals surface area contributed by atoms with Crippen LogP contribution in [0.3, 0.4) is 0 Å². The molecule has 0 aliphatic carbocycles. The van der Waals surface area contributed by atoms with Gasteiger partial charge in [0.15, 0.2) is 0 Å². The van der Waals surface area contributed by atoms with Crippen LogP contribution >= 0.6 is 0 Å². The first kappa shape index (κ1) is 17.1. The Kier molecular flexibility index (Phi) is 4.32. The number of hydrogen-bond donors (Lipinski definition) is 2. The summed E-state index contributed by atoms with van der Waals surface area (Å²) in [6.45, 7) is 0.559. The molecule has 1 atom stereocenters. The number of H-pyrrole nitrogens is 1. The molecule has 4 rings (SSSR count). The van der Waals surface area contributed by atoms with Gasteiger partial charge in [-0.25, -0.2) is 0 Å². The lowest BCUT2D eigenvalue weighted by Gasteiger charge is -2.32. The predicted molar refractivity (Wildman–Crippen MR) is 102 cm³/mol. The van der Waals surface area contributed by atoms with Gasteiger partial charge in [0.2, 0.25) is 11.8 Å². The minimum atomic E-state index is -0.646. The van der Waals surface area contributed by atoms with Crippen molar-refractivity contribution in [3.63, 3.8) is 0 Å². The highest BCUT2D eigenvalue weighted by Crippen LogP contribution is 2.27. The van der Waals surface area contributed by atoms with Crippen molar-refractivity contribution < 1.29 is 14.3 Å². The highest BCUT2D eigenvalue weighted by atomic mass is 16.5. The maximum atomic E-state index is 12.7. The molecule has 138 valence electrons. The van der Waals surface area contributed by atoms with Gasteiger partial charge in [0.05, 0.1) is 13.5 Å². The Bertz CT molecular complexity index is 1020. The van der Waals surface area contributed by atoms with Crippen molar-refractivity contribution in [1.29, 1.82) is 0 Å². The van der Waals surface area contributed by atoms with Crippen molar-refractivity contribution in [1.82, 2.24) is 15.2 Å². The lowest BCUT2D eigenvalue weighted by Crippen LogP contribution is -2.45. The number of carbonyl (C=O) groups excluding carboxylic acids is 2. The lowest BCUT2D eigenvalue weighted by atomic mass is 9.95. The summed E-state index contributed by atoms with van der Waals surface area (Å²) >= 11 is 0. The first-order chi connectivity index (χ1) is 13.1. The van der Waals surface area contributed by atoms with Crippen LogP contribution in [0.4, 0.5) is 0 Å². The highest BCUT2D eigenvalue weighted by Gasteiger charge is 2.32. The quantitative estimate of drug-likeness (QED) is 0.748. The fraction of sp³-hybridized carbons (Fsp3) is 0.238. The molecular formula is C21H21N3O3. The number of nitrogens with zero attached hydrogens (tertiary/aromatic N) is 1. The van der Waals surface area contributed by atoms with Gasteiger partial charge in [-0.15, -0.1) is 0 Å². The second-order valence-electron chi connectivity index (χ2n) is 6.80. The zero-order valence-corrected chi connectivity index (χ0v) is 15.3. The van der Waals surface area contributed by atoms with Gasteiger partial charge >= 0.3 is 0 Å². The van der Waals surface area contributed by atoms with Crippen molar-refractivity contribution in [2.45, 2.75) is 19.0 Å². The van der Waals surface area contributed by atoms with E-state index >= 15 is 0 Å². The summed E-state index contributed by atoms with van der Waals surface area (Å²) in [5, 5.41) is 3.85. The van der Waals surface area contributed by atoms with Crippen LogP contribution in [-0.2, 0) is 22.6 Å². The number of rotatable bonds is 4. The Balaban J connectivity index is 1.57. The fourth-order valence-corrected chi connectivity index (χ4v) is 3.60. The number of likely N-dealkylation sites (N-methyl/N-ethyl adjacent to an activating group) is 1. The van der Waals surface area contributed by atoms with Crippen LogP contribution in [0.25, 0.3) is 10.9 Å². The number of ether oxygens (including phenoxy) is 1. The Hall–Kier alpha value is -3.28. The third-order valence-corrected chi connectivity index (χ3v) is 5.03. The highest BCUT2D eigenvalue weighted by molar-refractivity contribution is 5.93. The number of aromatic amines is 1. The predicted octanol–water partition coefficient (Wildman–Crippen LogP) is 2.55. The summed E-state index contributed by atoms with van der Waals surface area (Å²) in [4.78, 5) is 30.1. The number of amides is 2. The zero-order valence-electron chi connectivity index (χ0n) is 15.3. The third kappa shape index (κ3) is 3.14. The topological polar surface area (TPSA) is 74.4 Å². The first-order valence-corrected chi connectivity index (χ1v) is 8.83. The monoisotopic (exact) mass is 363 g/mol. The van der Waals surface area contributed by atoms with E-state index in [0.29, 0.717) is 6.54 Å². The molecule has 0 bridgehead atoms. The van der Waals surface area contributed by atoms with Crippen LogP contribution in [0.5, 0.6) is 5.75 Å². The van der Waals surface area contributed by atoms with Crippen molar-refractivity contribution in [2.24, 2.45) is 0 Å². The number of fused-ring (bicyclic) bond motifs is 2. The zero-order chi connectivity index (χ0) is 19.0. The summed E-state index contributed by atoms with van der Waals surface area (Å²) in [6, 6.07) is 12.8. The van der Waals surface area contributed by atoms with Crippen molar-refractivity contribution in [3.8, 4) is 5.75 Å². The molecule has 1 aliphatic rings. The molecule has 6 heteroatoms. The Morgan fingerprint density at radius 1 is 1.30 bits per heavy atom. The van der Waals surface area contributed by atoms with Crippen LogP contribution in [0.2, 0.25) is 0 Å². The van der Waals surface area contributed by atoms with Gasteiger partial charge in [0, 0.05) is 30.7 Å². The largest absolute Gasteiger partial charge is 0.497 e. The summed E-state index contributed by atoms with van der Waals surface area (Å²) in [5.41, 5.74) is 3.74. The van der Waals surface area contributed by atoms with Gasteiger partial charge in [0.1, 0.15) is 11.8 Å². The normalized spacial score (nSPS) is 16.3. The smallest absolute Gasteiger partial charge is 0.249 e. The van der Waals surface area contributed by atoms with Crippen LogP contribution in [0, 0.1) is 0 Å². The van der Waals surface area contributed by atoms with E-state index in [2.05, 4.69) is 10.3 Å². The first-order valence-electron chi connectivity index (χ1n) is 8.83. The van der Waals surface area contributed by atoms with E-state index in [1.54, 1.807) is 19.1 Å². The summed E-state index contributed by atoms with van der Waals surface area (Å²) in [7, 11) is 3.37. The molecule has 2 aromatic carbocycles. The second kappa shape index (κ2) is 6.79. The fourth-order valence-electron chi connectivity index (χ4n) is 3.60. The number of hydrogen-bond acceptors (Lipinski definition) is 3. The molecule has 27 heavy (non-hydrogen) atoms. The summed E-state index contributed by atoms with van der Waals surface area (Å²) in [6.07, 6.45) is 2.01. The van der Waals surface area contributed by atoms with Crippen molar-refractivity contribution >= 4 is 22.7 Å². The number of benzene rings is 2. The average molecular weight is 363 g/mol. The second-order valence-corrected chi connectivity index (χ2v) is 6.80. The molecule has 2 N–H and O–H groups in total. The molecule has 0 fully saturated rings. The van der Waals surface area contributed by atoms with Crippen LogP contribution in [-0.4, -0.2) is 35.9 Å². The van der Waals surface area contributed by atoms with Gasteiger partial charge in [-0.1, -0.05) is 24.3 Å². The van der Waals surface area contributed by atoms with E-state index in [0.717, 1.165) is 33.3 Å². The standard InChI is InChI=1S/C21H21N3O3/c1-24-12-13-5-3-4-6-16(13)20(21(24)26)23-19(25)9-14-11-22-18-8-7-15(27-2)10-17(14)18/h3-8,10-11,20,22H,9,12H2,1-2H3,(H,23,25). The molecular weight excluding hydrogens is 342 g/mol. The van der Waals surface area contributed by atoms with Gasteiger partial charge in [-0.05, 0) is 34.9 Å². The number of methoxy groups -OCH3 is 1. The minimum absolute atomic E-state index is 0.0948. The van der Waals surface area contributed by atoms with Gasteiger partial charge in [0.25, 0.3) is 0 Å². The lowest BCUT2D eigenvalue weighted by molar-refractivity contribution is -0.136. The van der Waals surface area contributed by atoms with E-state index < -0.39 is 6.04 Å². The molecule has 1 aliphatic heterocycles. The van der Waals surface area contributed by atoms with E-state index in [4.69, 9.17) is 4.74 Å². The SMILES string of the molecule is COc1ccc2[nH]cc(CC(=O)NC3C(=O)N(C)Cc4ccccc43)c2c1. The molecule has 6 nitrogen and oxygen atoms in total. The van der Waals surface area contributed by atoms with Gasteiger partial charge in [-0.2, -0.15) is 0 Å². The molecule has 0 saturated heterocycles. The molecule has 2 amide bonds. The molecule has 2 heterocycles. The van der Waals surface area contributed by atoms with Crippen molar-refractivity contribution in [2.75, 3.05) is 14.2 Å². The van der Waals surface area contributed by atoms with Crippen LogP contribution in [0.15, 0.2) is 48.7 Å². The van der Waals surface area contributed by atoms with Crippen LogP contribution in [0.1, 0.15) is 22.7 Å². The summed E-state index contributed by atoms with van der Waals surface area (Å²) < 4.78 is 5.27. The van der Waals surface area contributed by atoms with E-state index in [9.17, 15) is 9.59 Å². The van der Waals surface area contributed by atoms with E-state index in [1.165, 1.54) is 0 Å². The van der Waals surface area contributed by atoms with Gasteiger partial charge < -0.3 is 19.9 Å². The minimum Gasteiger partial charge on any atom is -0.497 e. The molecule has 0 radical (unpaired) electrons. The van der Waals surface area contributed by atoms with E-state index in [-0.39, 0.29) is 18.2 Å². The maximum Gasteiger partial charge on any atom is 0.249 e. The number of aromatic nitrogens is 1. The van der Waals surface area contributed by atoms with Crippen LogP contribution < -0.4 is 10.1 Å².